The topological polar surface area (TPSA) is 65.0 Å². The van der Waals surface area contributed by atoms with Crippen molar-refractivity contribution in [1.82, 2.24) is 0 Å². The van der Waals surface area contributed by atoms with Crippen LogP contribution in [0.5, 0.6) is 5.75 Å². The summed E-state index contributed by atoms with van der Waals surface area (Å²) in [5.41, 5.74) is -2.78. The molecular formula is C19H20F5NO4. The van der Waals surface area contributed by atoms with Crippen molar-refractivity contribution in [2.75, 3.05) is 13.7 Å². The van der Waals surface area contributed by atoms with Crippen molar-refractivity contribution in [2.45, 2.75) is 38.8 Å². The van der Waals surface area contributed by atoms with Crippen molar-refractivity contribution in [3.8, 4) is 5.75 Å². The van der Waals surface area contributed by atoms with Crippen LogP contribution in [0.2, 0.25) is 0 Å². The van der Waals surface area contributed by atoms with Crippen LogP contribution in [0.15, 0.2) is 29.3 Å². The van der Waals surface area contributed by atoms with E-state index in [-0.39, 0.29) is 18.6 Å². The highest BCUT2D eigenvalue weighted by Gasteiger charge is 2.39. The number of nitrogens with zero attached hydrogens (tertiary/aromatic N) is 1. The maximum atomic E-state index is 14.0. The maximum absolute atomic E-state index is 14.0. The molecule has 0 aliphatic rings. The van der Waals surface area contributed by atoms with E-state index in [2.05, 4.69) is 11.6 Å². The number of hydrogen-bond acceptors (Lipinski definition) is 5. The minimum Gasteiger partial charge on any atom is -0.462 e. The highest BCUT2D eigenvalue weighted by atomic mass is 19.4. The van der Waals surface area contributed by atoms with E-state index in [1.54, 1.807) is 0 Å². The molecule has 0 radical (unpaired) electrons. The van der Waals surface area contributed by atoms with Crippen molar-refractivity contribution in [1.29, 1.82) is 0 Å². The monoisotopic (exact) mass is 421 g/mol. The van der Waals surface area contributed by atoms with Gasteiger partial charge in [-0.3, -0.25) is 9.79 Å². The molecule has 1 aromatic rings. The maximum Gasteiger partial charge on any atom is 0.433 e. The van der Waals surface area contributed by atoms with Crippen LogP contribution in [-0.4, -0.2) is 37.5 Å². The molecule has 5 nitrogen and oxygen atoms in total. The van der Waals surface area contributed by atoms with Gasteiger partial charge in [-0.05, 0) is 26.2 Å². The van der Waals surface area contributed by atoms with Gasteiger partial charge in [-0.15, -0.1) is 0 Å². The second kappa shape index (κ2) is 10.7. The van der Waals surface area contributed by atoms with Crippen molar-refractivity contribution in [2.24, 2.45) is 4.99 Å². The zero-order chi connectivity index (χ0) is 22.2. The number of ether oxygens (including phenoxy) is 2. The van der Waals surface area contributed by atoms with Gasteiger partial charge in [0.1, 0.15) is 17.4 Å². The Kier molecular flexibility index (Phi) is 8.93. The molecular weight excluding hydrogens is 401 g/mol. The Labute approximate surface area is 164 Å². The predicted octanol–water partition coefficient (Wildman–Crippen LogP) is 4.53. The Morgan fingerprint density at radius 2 is 1.69 bits per heavy atom. The number of halogens is 5. The molecule has 10 heteroatoms. The van der Waals surface area contributed by atoms with Gasteiger partial charge in [-0.1, -0.05) is 6.58 Å². The molecule has 0 atom stereocenters. The first-order valence-electron chi connectivity index (χ1n) is 8.54. The van der Waals surface area contributed by atoms with Crippen LogP contribution in [0.1, 0.15) is 38.2 Å². The molecule has 0 unspecified atom stereocenters. The summed E-state index contributed by atoms with van der Waals surface area (Å²) >= 11 is 0. The Bertz CT molecular complexity index is 779. The zero-order valence-electron chi connectivity index (χ0n) is 15.9. The molecule has 1 aromatic carbocycles. The van der Waals surface area contributed by atoms with Crippen LogP contribution in [0.25, 0.3) is 0 Å². The van der Waals surface area contributed by atoms with Crippen molar-refractivity contribution in [3.63, 3.8) is 0 Å². The lowest BCUT2D eigenvalue weighted by Gasteiger charge is -2.13. The normalized spacial score (nSPS) is 11.9. The van der Waals surface area contributed by atoms with E-state index in [9.17, 15) is 31.5 Å². The molecule has 29 heavy (non-hydrogen) atoms. The number of aliphatic imine (C=N–C) groups is 1. The Balaban J connectivity index is 2.59. The van der Waals surface area contributed by atoms with E-state index in [0.29, 0.717) is 31.4 Å². The van der Waals surface area contributed by atoms with E-state index in [1.807, 2.05) is 0 Å². The first-order chi connectivity index (χ1) is 13.5. The molecule has 0 amide bonds. The number of benzene rings is 1. The Morgan fingerprint density at radius 3 is 2.17 bits per heavy atom. The molecule has 160 valence electrons. The lowest BCUT2D eigenvalue weighted by atomic mass is 10.1. The smallest absolute Gasteiger partial charge is 0.433 e. The standard InChI is InChI=1S/C19H20F5NO4/c1-11(2)18(27)28-8-6-4-5-7-15(26)29-12-9-13(20)16(14(21)10-12)17(25-3)19(22,23)24/h9-10H,1,4-8H2,2-3H3/b25-17-. The fourth-order valence-electron chi connectivity index (χ4n) is 2.23. The van der Waals surface area contributed by atoms with E-state index in [1.165, 1.54) is 6.92 Å². The molecule has 0 bridgehead atoms. The lowest BCUT2D eigenvalue weighted by Crippen LogP contribution is -2.26. The van der Waals surface area contributed by atoms with Crippen LogP contribution in [0.4, 0.5) is 22.0 Å². The summed E-state index contributed by atoms with van der Waals surface area (Å²) in [5, 5.41) is 0. The van der Waals surface area contributed by atoms with Crippen molar-refractivity contribution < 1.29 is 41.0 Å². The lowest BCUT2D eigenvalue weighted by molar-refractivity contribution is -0.139. The molecule has 0 saturated carbocycles. The molecule has 0 N–H and O–H groups in total. The third-order valence-electron chi connectivity index (χ3n) is 3.58. The number of alkyl halides is 3. The first-order valence-corrected chi connectivity index (χ1v) is 8.54. The molecule has 0 spiro atoms. The third-order valence-corrected chi connectivity index (χ3v) is 3.58. The van der Waals surface area contributed by atoms with Gasteiger partial charge in [0.05, 0.1) is 12.2 Å². The van der Waals surface area contributed by atoms with Gasteiger partial charge < -0.3 is 9.47 Å². The van der Waals surface area contributed by atoms with E-state index >= 15 is 0 Å². The molecule has 0 fully saturated rings. The minimum atomic E-state index is -5.05. The SMILES string of the molecule is C=C(C)C(=O)OCCCCCC(=O)Oc1cc(F)c(/C(=N/C)C(F)(F)F)c(F)c1. The van der Waals surface area contributed by atoms with Gasteiger partial charge in [0.15, 0.2) is 5.71 Å². The summed E-state index contributed by atoms with van der Waals surface area (Å²) in [5.74, 6) is -4.98. The minimum absolute atomic E-state index is 0.0936. The van der Waals surface area contributed by atoms with Crippen LogP contribution in [0.3, 0.4) is 0 Å². The summed E-state index contributed by atoms with van der Waals surface area (Å²) in [6.07, 6.45) is -3.78. The Morgan fingerprint density at radius 1 is 1.10 bits per heavy atom. The second-order valence-corrected chi connectivity index (χ2v) is 6.03. The molecule has 0 aromatic heterocycles. The van der Waals surface area contributed by atoms with E-state index < -0.39 is 46.8 Å². The summed E-state index contributed by atoms with van der Waals surface area (Å²) in [6.45, 7) is 5.09. The summed E-state index contributed by atoms with van der Waals surface area (Å²) < 4.78 is 76.0. The van der Waals surface area contributed by atoms with Gasteiger partial charge in [-0.2, -0.15) is 13.2 Å². The van der Waals surface area contributed by atoms with Crippen LogP contribution in [-0.2, 0) is 14.3 Å². The molecule has 1 rings (SSSR count). The van der Waals surface area contributed by atoms with Crippen molar-refractivity contribution in [3.05, 3.63) is 41.5 Å². The summed E-state index contributed by atoms with van der Waals surface area (Å²) in [6, 6.07) is 0.981. The average Bonchev–Trinajstić information content (AvgIpc) is 2.59. The van der Waals surface area contributed by atoms with Crippen LogP contribution >= 0.6 is 0 Å². The molecule has 0 saturated heterocycles. The highest BCUT2D eigenvalue weighted by molar-refractivity contribution is 6.05. The number of hydrogen-bond donors (Lipinski definition) is 0. The second-order valence-electron chi connectivity index (χ2n) is 6.03. The summed E-state index contributed by atoms with van der Waals surface area (Å²) in [7, 11) is 0.759. The average molecular weight is 421 g/mol. The van der Waals surface area contributed by atoms with Gasteiger partial charge in [-0.25, -0.2) is 13.6 Å². The van der Waals surface area contributed by atoms with Gasteiger partial charge in [0.2, 0.25) is 0 Å². The number of carbonyl (C=O) groups excluding carboxylic acids is 2. The Hall–Kier alpha value is -2.78. The first kappa shape index (κ1) is 24.3. The van der Waals surface area contributed by atoms with Gasteiger partial charge in [0.25, 0.3) is 0 Å². The van der Waals surface area contributed by atoms with E-state index in [0.717, 1.165) is 7.05 Å². The van der Waals surface area contributed by atoms with E-state index in [4.69, 9.17) is 9.47 Å². The fraction of sp³-hybridized carbons (Fsp3) is 0.421. The number of unbranched alkanes of at least 4 members (excludes halogenated alkanes) is 2. The quantitative estimate of drug-likeness (QED) is 0.147. The summed E-state index contributed by atoms with van der Waals surface area (Å²) in [4.78, 5) is 25.8. The number of carbonyl (C=O) groups is 2. The third kappa shape index (κ3) is 7.63. The van der Waals surface area contributed by atoms with Gasteiger partial charge >= 0.3 is 18.1 Å². The molecule has 0 heterocycles. The molecule has 0 aliphatic carbocycles. The zero-order valence-corrected chi connectivity index (χ0v) is 15.9. The number of rotatable bonds is 9. The molecule has 0 aliphatic heterocycles. The van der Waals surface area contributed by atoms with Crippen LogP contribution < -0.4 is 4.74 Å². The predicted molar refractivity (Wildman–Crippen MR) is 94.8 cm³/mol. The number of esters is 2. The van der Waals surface area contributed by atoms with Gasteiger partial charge in [0, 0.05) is 31.2 Å². The van der Waals surface area contributed by atoms with Crippen LogP contribution in [0, 0.1) is 11.6 Å². The fourth-order valence-corrected chi connectivity index (χ4v) is 2.23. The largest absolute Gasteiger partial charge is 0.462 e. The van der Waals surface area contributed by atoms with Crippen molar-refractivity contribution >= 4 is 17.7 Å². The highest BCUT2D eigenvalue weighted by Crippen LogP contribution is 2.29.